The molecule has 0 aliphatic heterocycles. The van der Waals surface area contributed by atoms with Crippen LogP contribution < -0.4 is 0 Å². The minimum Gasteiger partial charge on any atom is -0.481 e. The van der Waals surface area contributed by atoms with Crippen molar-refractivity contribution in [2.75, 3.05) is 0 Å². The summed E-state index contributed by atoms with van der Waals surface area (Å²) < 4.78 is 5.22. The summed E-state index contributed by atoms with van der Waals surface area (Å²) in [5.41, 5.74) is 2.69. The molecule has 4 nitrogen and oxygen atoms in total. The smallest absolute Gasteiger partial charge is 0.303 e. The minimum absolute atomic E-state index is 0.147. The lowest BCUT2D eigenvalue weighted by Gasteiger charge is -2.01. The minimum atomic E-state index is -0.778. The van der Waals surface area contributed by atoms with Crippen molar-refractivity contribution in [3.63, 3.8) is 0 Å². The van der Waals surface area contributed by atoms with Gasteiger partial charge in [-0.2, -0.15) is 0 Å². The van der Waals surface area contributed by atoms with Crippen LogP contribution in [0.25, 0.3) is 11.0 Å². The maximum absolute atomic E-state index is 10.5. The van der Waals surface area contributed by atoms with E-state index in [-0.39, 0.29) is 6.42 Å². The summed E-state index contributed by atoms with van der Waals surface area (Å²) in [6, 6.07) is 5.72. The summed E-state index contributed by atoms with van der Waals surface area (Å²) in [7, 11) is 0. The molecule has 0 saturated carbocycles. The second kappa shape index (κ2) is 4.57. The predicted octanol–water partition coefficient (Wildman–Crippen LogP) is 2.97. The van der Waals surface area contributed by atoms with Gasteiger partial charge in [0.15, 0.2) is 5.58 Å². The highest BCUT2D eigenvalue weighted by atomic mass is 16.5. The highest BCUT2D eigenvalue weighted by molar-refractivity contribution is 5.80. The van der Waals surface area contributed by atoms with Gasteiger partial charge in [-0.3, -0.25) is 4.79 Å². The number of nitrogens with zero attached hydrogens (tertiary/aromatic N) is 1. The first-order valence-electron chi connectivity index (χ1n) is 5.68. The van der Waals surface area contributed by atoms with Crippen LogP contribution in [0.5, 0.6) is 0 Å². The molecule has 0 fully saturated rings. The van der Waals surface area contributed by atoms with Gasteiger partial charge in [0.05, 0.1) is 5.69 Å². The number of hydrogen-bond acceptors (Lipinski definition) is 3. The molecule has 1 heterocycles. The van der Waals surface area contributed by atoms with Crippen LogP contribution in [0.4, 0.5) is 0 Å². The number of aryl methyl sites for hydroxylation is 1. The molecular weight excluding hydrogens is 218 g/mol. The van der Waals surface area contributed by atoms with Crippen molar-refractivity contribution >= 4 is 16.9 Å². The number of benzene rings is 1. The molecule has 2 rings (SSSR count). The Hall–Kier alpha value is -1.84. The van der Waals surface area contributed by atoms with E-state index < -0.39 is 5.97 Å². The van der Waals surface area contributed by atoms with Crippen molar-refractivity contribution in [1.29, 1.82) is 0 Å². The van der Waals surface area contributed by atoms with E-state index in [1.54, 1.807) is 0 Å². The third kappa shape index (κ3) is 2.46. The molecular formula is C13H15NO3. The first-order chi connectivity index (χ1) is 8.08. The molecule has 0 unspecified atom stereocenters. The summed E-state index contributed by atoms with van der Waals surface area (Å²) in [5, 5.41) is 13.7. The molecule has 2 aromatic rings. The predicted molar refractivity (Wildman–Crippen MR) is 64.1 cm³/mol. The molecule has 1 aromatic heterocycles. The van der Waals surface area contributed by atoms with Gasteiger partial charge in [0, 0.05) is 11.8 Å². The van der Waals surface area contributed by atoms with Gasteiger partial charge in [0.2, 0.25) is 0 Å². The topological polar surface area (TPSA) is 63.3 Å². The van der Waals surface area contributed by atoms with Gasteiger partial charge in [0.25, 0.3) is 0 Å². The van der Waals surface area contributed by atoms with E-state index in [1.165, 1.54) is 0 Å². The number of fused-ring (bicyclic) bond motifs is 1. The Morgan fingerprint density at radius 2 is 2.24 bits per heavy atom. The summed E-state index contributed by atoms with van der Waals surface area (Å²) in [5.74, 6) is -0.481. The van der Waals surface area contributed by atoms with Crippen LogP contribution in [0.2, 0.25) is 0 Å². The highest BCUT2D eigenvalue weighted by Gasteiger charge is 2.12. The summed E-state index contributed by atoms with van der Waals surface area (Å²) in [6.07, 6.45) is 0.682. The van der Waals surface area contributed by atoms with E-state index in [2.05, 4.69) is 19.0 Å². The number of carbonyl (C=O) groups is 1. The molecule has 0 aliphatic carbocycles. The lowest BCUT2D eigenvalue weighted by molar-refractivity contribution is -0.136. The number of aliphatic carboxylic acids is 1. The zero-order valence-corrected chi connectivity index (χ0v) is 9.93. The fraction of sp³-hybridized carbons (Fsp3) is 0.385. The second-order valence-electron chi connectivity index (χ2n) is 4.45. The Kier molecular flexibility index (Phi) is 3.13. The zero-order chi connectivity index (χ0) is 12.4. The number of carboxylic acids is 1. The number of carboxylic acid groups (broad SMARTS) is 1. The molecule has 0 spiro atoms. The maximum Gasteiger partial charge on any atom is 0.303 e. The van der Waals surface area contributed by atoms with Crippen molar-refractivity contribution < 1.29 is 14.4 Å². The van der Waals surface area contributed by atoms with Crippen molar-refractivity contribution in [3.05, 3.63) is 29.5 Å². The Balaban J connectivity index is 2.34. The molecule has 90 valence electrons. The highest BCUT2D eigenvalue weighted by Crippen LogP contribution is 2.25. The van der Waals surface area contributed by atoms with Gasteiger partial charge in [-0.1, -0.05) is 25.1 Å². The first kappa shape index (κ1) is 11.6. The van der Waals surface area contributed by atoms with Crippen LogP contribution in [0.1, 0.15) is 37.4 Å². The SMILES string of the molecule is CC(C)c1noc2ccc(CCC(=O)O)cc12. The third-order valence-corrected chi connectivity index (χ3v) is 2.74. The van der Waals surface area contributed by atoms with Crippen molar-refractivity contribution in [2.24, 2.45) is 0 Å². The standard InChI is InChI=1S/C13H15NO3/c1-8(2)13-10-7-9(4-6-12(15)16)3-5-11(10)17-14-13/h3,5,7-8H,4,6H2,1-2H3,(H,15,16). The monoisotopic (exact) mass is 233 g/mol. The van der Waals surface area contributed by atoms with Crippen LogP contribution >= 0.6 is 0 Å². The molecule has 4 heteroatoms. The normalized spacial score (nSPS) is 11.2. The molecule has 1 N–H and O–H groups in total. The molecule has 17 heavy (non-hydrogen) atoms. The average molecular weight is 233 g/mol. The van der Waals surface area contributed by atoms with Crippen LogP contribution in [-0.4, -0.2) is 16.2 Å². The molecule has 0 atom stereocenters. The van der Waals surface area contributed by atoms with Gasteiger partial charge in [-0.15, -0.1) is 0 Å². The quantitative estimate of drug-likeness (QED) is 0.881. The fourth-order valence-corrected chi connectivity index (χ4v) is 1.83. The molecule has 0 radical (unpaired) electrons. The number of aromatic nitrogens is 1. The van der Waals surface area contributed by atoms with Crippen LogP contribution in [-0.2, 0) is 11.2 Å². The first-order valence-corrected chi connectivity index (χ1v) is 5.68. The Morgan fingerprint density at radius 1 is 1.47 bits per heavy atom. The number of rotatable bonds is 4. The maximum atomic E-state index is 10.5. The van der Waals surface area contributed by atoms with E-state index in [4.69, 9.17) is 9.63 Å². The summed E-state index contributed by atoms with van der Waals surface area (Å²) in [4.78, 5) is 10.5. The average Bonchev–Trinajstić information content (AvgIpc) is 2.69. The number of hydrogen-bond donors (Lipinski definition) is 1. The Labute approximate surface area is 99.2 Å². The van der Waals surface area contributed by atoms with Gasteiger partial charge in [0.1, 0.15) is 0 Å². The van der Waals surface area contributed by atoms with Crippen LogP contribution in [0.3, 0.4) is 0 Å². The third-order valence-electron chi connectivity index (χ3n) is 2.74. The van der Waals surface area contributed by atoms with Crippen LogP contribution in [0.15, 0.2) is 22.7 Å². The van der Waals surface area contributed by atoms with Gasteiger partial charge in [-0.25, -0.2) is 0 Å². The molecule has 0 aliphatic rings. The van der Waals surface area contributed by atoms with Gasteiger partial charge < -0.3 is 9.63 Å². The van der Waals surface area contributed by atoms with E-state index in [0.717, 1.165) is 22.2 Å². The zero-order valence-electron chi connectivity index (χ0n) is 9.93. The van der Waals surface area contributed by atoms with Crippen molar-refractivity contribution in [3.8, 4) is 0 Å². The molecule has 0 bridgehead atoms. The summed E-state index contributed by atoms with van der Waals surface area (Å²) in [6.45, 7) is 4.11. The van der Waals surface area contributed by atoms with Gasteiger partial charge in [-0.05, 0) is 30.0 Å². The Bertz CT molecular complexity index is 543. The lowest BCUT2D eigenvalue weighted by Crippen LogP contribution is -1.97. The summed E-state index contributed by atoms with van der Waals surface area (Å²) >= 11 is 0. The molecule has 0 amide bonds. The largest absolute Gasteiger partial charge is 0.481 e. The van der Waals surface area contributed by atoms with E-state index >= 15 is 0 Å². The van der Waals surface area contributed by atoms with E-state index in [9.17, 15) is 4.79 Å². The van der Waals surface area contributed by atoms with Gasteiger partial charge >= 0.3 is 5.97 Å². The lowest BCUT2D eigenvalue weighted by atomic mass is 10.0. The van der Waals surface area contributed by atoms with Crippen molar-refractivity contribution in [2.45, 2.75) is 32.6 Å². The second-order valence-corrected chi connectivity index (χ2v) is 4.45. The molecule has 0 saturated heterocycles. The van der Waals surface area contributed by atoms with E-state index in [1.807, 2.05) is 18.2 Å². The van der Waals surface area contributed by atoms with E-state index in [0.29, 0.717) is 12.3 Å². The fourth-order valence-electron chi connectivity index (χ4n) is 1.83. The molecule has 1 aromatic carbocycles. The Morgan fingerprint density at radius 3 is 2.88 bits per heavy atom. The van der Waals surface area contributed by atoms with Crippen LogP contribution in [0, 0.1) is 0 Å². The van der Waals surface area contributed by atoms with Crippen molar-refractivity contribution in [1.82, 2.24) is 5.16 Å².